The summed E-state index contributed by atoms with van der Waals surface area (Å²) >= 11 is 1.55. The zero-order valence-electron chi connectivity index (χ0n) is 20.4. The number of piperidine rings is 1. The minimum absolute atomic E-state index is 0.0759. The second-order valence-electron chi connectivity index (χ2n) is 9.68. The number of ether oxygens (including phenoxy) is 2. The van der Waals surface area contributed by atoms with Gasteiger partial charge in [-0.05, 0) is 89.2 Å². The fourth-order valence-electron chi connectivity index (χ4n) is 4.77. The third-order valence-corrected chi connectivity index (χ3v) is 9.51. The van der Waals surface area contributed by atoms with Crippen LogP contribution in [0.15, 0.2) is 23.1 Å². The van der Waals surface area contributed by atoms with Gasteiger partial charge in [0.05, 0.1) is 17.7 Å². The van der Waals surface area contributed by atoms with E-state index in [1.165, 1.54) is 7.11 Å². The van der Waals surface area contributed by atoms with Crippen molar-refractivity contribution in [3.8, 4) is 16.2 Å². The van der Waals surface area contributed by atoms with Crippen LogP contribution in [0.5, 0.6) is 5.75 Å². The molecule has 0 unspecified atom stereocenters. The molecule has 34 heavy (non-hydrogen) atoms. The van der Waals surface area contributed by atoms with Crippen molar-refractivity contribution in [2.24, 2.45) is 5.92 Å². The van der Waals surface area contributed by atoms with Crippen molar-refractivity contribution in [3.63, 3.8) is 0 Å². The summed E-state index contributed by atoms with van der Waals surface area (Å²) in [6, 6.07) is 5.25. The molecule has 10 heteroatoms. The van der Waals surface area contributed by atoms with Crippen LogP contribution in [0.3, 0.4) is 0 Å². The van der Waals surface area contributed by atoms with Gasteiger partial charge >= 0.3 is 0 Å². The van der Waals surface area contributed by atoms with Gasteiger partial charge in [0.15, 0.2) is 5.13 Å². The first-order valence-electron chi connectivity index (χ1n) is 11.9. The van der Waals surface area contributed by atoms with Gasteiger partial charge in [-0.2, -0.15) is 0 Å². The highest BCUT2D eigenvalue weighted by atomic mass is 32.2. The topological polar surface area (TPSA) is 102 Å². The largest absolute Gasteiger partial charge is 0.495 e. The first-order chi connectivity index (χ1) is 16.2. The van der Waals surface area contributed by atoms with Gasteiger partial charge in [-0.15, -0.1) is 0 Å². The molecule has 1 aromatic heterocycles. The first kappa shape index (κ1) is 25.4. The molecular weight excluding hydrogens is 472 g/mol. The molecule has 0 radical (unpaired) electrons. The van der Waals surface area contributed by atoms with Gasteiger partial charge in [0.2, 0.25) is 10.0 Å². The minimum atomic E-state index is -3.73. The lowest BCUT2D eigenvalue weighted by Crippen LogP contribution is -2.42. The lowest BCUT2D eigenvalue weighted by molar-refractivity contribution is 0.0491. The molecule has 0 saturated carbocycles. The number of rotatable bonds is 8. The number of aromatic nitrogens is 1. The molecule has 4 rings (SSSR count). The second-order valence-corrected chi connectivity index (χ2v) is 12.4. The first-order valence-corrected chi connectivity index (χ1v) is 14.2. The molecule has 1 aromatic carbocycles. The Labute approximate surface area is 206 Å². The van der Waals surface area contributed by atoms with Crippen molar-refractivity contribution in [2.75, 3.05) is 38.7 Å². The average Bonchev–Trinajstić information content (AvgIpc) is 3.18. The molecular formula is C24H36N4O4S2. The van der Waals surface area contributed by atoms with Crippen molar-refractivity contribution in [3.05, 3.63) is 23.9 Å². The van der Waals surface area contributed by atoms with Crippen LogP contribution >= 0.6 is 11.3 Å². The van der Waals surface area contributed by atoms with E-state index in [-0.39, 0.29) is 16.5 Å². The third-order valence-electron chi connectivity index (χ3n) is 6.84. The fourth-order valence-corrected chi connectivity index (χ4v) is 7.39. The van der Waals surface area contributed by atoms with Gasteiger partial charge in [-0.3, -0.25) is 0 Å². The molecule has 3 N–H and O–H groups in total. The summed E-state index contributed by atoms with van der Waals surface area (Å²) in [4.78, 5) is 5.88. The zero-order chi connectivity index (χ0) is 24.3. The van der Waals surface area contributed by atoms with Gasteiger partial charge in [0.1, 0.15) is 10.6 Å². The summed E-state index contributed by atoms with van der Waals surface area (Å²) in [5, 5.41) is 7.74. The average molecular weight is 509 g/mol. The predicted octanol–water partition coefficient (Wildman–Crippen LogP) is 3.77. The van der Waals surface area contributed by atoms with E-state index < -0.39 is 10.0 Å². The number of nitrogens with one attached hydrogen (secondary N) is 3. The Hall–Kier alpha value is -1.72. The molecule has 0 aliphatic carbocycles. The summed E-state index contributed by atoms with van der Waals surface area (Å²) < 4.78 is 40.3. The molecule has 0 amide bonds. The number of benzene rings is 1. The predicted molar refractivity (Wildman–Crippen MR) is 136 cm³/mol. The molecule has 8 nitrogen and oxygen atoms in total. The lowest BCUT2D eigenvalue weighted by Gasteiger charge is -2.37. The number of thiazole rings is 1. The van der Waals surface area contributed by atoms with Crippen molar-refractivity contribution >= 4 is 26.5 Å². The summed E-state index contributed by atoms with van der Waals surface area (Å²) in [5.74, 6) is 0.846. The van der Waals surface area contributed by atoms with Crippen molar-refractivity contribution in [1.82, 2.24) is 15.0 Å². The Kier molecular flexibility index (Phi) is 7.83. The second kappa shape index (κ2) is 10.5. The Morgan fingerprint density at radius 1 is 1.18 bits per heavy atom. The van der Waals surface area contributed by atoms with Crippen molar-refractivity contribution < 1.29 is 17.9 Å². The smallest absolute Gasteiger partial charge is 0.244 e. The van der Waals surface area contributed by atoms with Crippen LogP contribution in [0.1, 0.15) is 45.2 Å². The molecule has 2 fully saturated rings. The normalized spacial score (nSPS) is 18.7. The molecule has 0 atom stereocenters. The maximum Gasteiger partial charge on any atom is 0.244 e. The van der Waals surface area contributed by atoms with Gasteiger partial charge in [-0.25, -0.2) is 18.1 Å². The summed E-state index contributed by atoms with van der Waals surface area (Å²) in [5.41, 5.74) is 1.58. The van der Waals surface area contributed by atoms with E-state index in [1.54, 1.807) is 23.5 Å². The van der Waals surface area contributed by atoms with E-state index in [0.29, 0.717) is 11.7 Å². The van der Waals surface area contributed by atoms with E-state index in [0.717, 1.165) is 73.3 Å². The van der Waals surface area contributed by atoms with E-state index in [1.807, 2.05) is 13.0 Å². The van der Waals surface area contributed by atoms with Crippen molar-refractivity contribution in [1.29, 1.82) is 0 Å². The van der Waals surface area contributed by atoms with E-state index in [2.05, 4.69) is 29.2 Å². The SMILES string of the molecule is COc1ccc(-c2sc(NC(C)(C)C3CCOCC3)nc2C)cc1S(=O)(=O)NC1CCNCC1. The number of hydrogen-bond acceptors (Lipinski definition) is 8. The molecule has 3 heterocycles. The maximum atomic E-state index is 13.3. The van der Waals surface area contributed by atoms with Crippen LogP contribution < -0.4 is 20.1 Å². The monoisotopic (exact) mass is 508 g/mol. The Morgan fingerprint density at radius 2 is 1.88 bits per heavy atom. The van der Waals surface area contributed by atoms with Crippen LogP contribution in [0, 0.1) is 12.8 Å². The molecule has 2 aliphatic heterocycles. The van der Waals surface area contributed by atoms with Gasteiger partial charge in [0, 0.05) is 24.8 Å². The number of methoxy groups -OCH3 is 1. The number of hydrogen-bond donors (Lipinski definition) is 3. The van der Waals surface area contributed by atoms with Gasteiger partial charge in [0.25, 0.3) is 0 Å². The Balaban J connectivity index is 1.59. The number of anilines is 1. The minimum Gasteiger partial charge on any atom is -0.495 e. The number of aryl methyl sites for hydroxylation is 1. The van der Waals surface area contributed by atoms with E-state index in [9.17, 15) is 8.42 Å². The zero-order valence-corrected chi connectivity index (χ0v) is 22.1. The van der Waals surface area contributed by atoms with E-state index in [4.69, 9.17) is 14.5 Å². The highest BCUT2D eigenvalue weighted by molar-refractivity contribution is 7.89. The molecule has 2 aliphatic rings. The van der Waals surface area contributed by atoms with Crippen LogP contribution in [-0.2, 0) is 14.8 Å². The quantitative estimate of drug-likeness (QED) is 0.499. The standard InChI is InChI=1S/C24H36N4O4S2/c1-16-22(33-23(26-16)27-24(2,3)18-9-13-32-14-10-18)17-5-6-20(31-4)21(15-17)34(29,30)28-19-7-11-25-12-8-19/h5-6,15,18-19,25,28H,7-14H2,1-4H3,(H,26,27). The Morgan fingerprint density at radius 3 is 2.56 bits per heavy atom. The summed E-state index contributed by atoms with van der Waals surface area (Å²) in [7, 11) is -2.23. The van der Waals surface area contributed by atoms with Gasteiger partial charge < -0.3 is 20.1 Å². The molecule has 0 spiro atoms. The molecule has 0 bridgehead atoms. The van der Waals surface area contributed by atoms with E-state index >= 15 is 0 Å². The highest BCUT2D eigenvalue weighted by Crippen LogP contribution is 2.39. The van der Waals surface area contributed by atoms with Gasteiger partial charge in [-0.1, -0.05) is 11.3 Å². The molecule has 2 saturated heterocycles. The molecule has 2 aromatic rings. The number of nitrogens with zero attached hydrogens (tertiary/aromatic N) is 1. The lowest BCUT2D eigenvalue weighted by atomic mass is 9.82. The summed E-state index contributed by atoms with van der Waals surface area (Å²) in [6.45, 7) is 9.60. The molecule has 188 valence electrons. The maximum absolute atomic E-state index is 13.3. The fraction of sp³-hybridized carbons (Fsp3) is 0.625. The van der Waals surface area contributed by atoms with Crippen LogP contribution in [0.25, 0.3) is 10.4 Å². The Bertz CT molecular complexity index is 1090. The van der Waals surface area contributed by atoms with Crippen LogP contribution in [0.4, 0.5) is 5.13 Å². The van der Waals surface area contributed by atoms with Crippen LogP contribution in [-0.4, -0.2) is 58.4 Å². The summed E-state index contributed by atoms with van der Waals surface area (Å²) in [6.07, 6.45) is 3.60. The number of sulfonamides is 1. The van der Waals surface area contributed by atoms with Crippen molar-refractivity contribution in [2.45, 2.75) is 62.9 Å². The van der Waals surface area contributed by atoms with Crippen LogP contribution in [0.2, 0.25) is 0 Å². The third kappa shape index (κ3) is 5.73. The highest BCUT2D eigenvalue weighted by Gasteiger charge is 2.32.